The molecule has 68 heavy (non-hydrogen) atoms. The molecule has 0 spiro atoms. The number of hydrogen-bond donors (Lipinski definition) is 1. The van der Waals surface area contributed by atoms with E-state index in [1.165, 1.54) is 26.9 Å². The van der Waals surface area contributed by atoms with Crippen LogP contribution in [0.15, 0.2) is 89.7 Å². The Balaban J connectivity index is 0.818. The maximum absolute atomic E-state index is 14.1. The summed E-state index contributed by atoms with van der Waals surface area (Å²) in [4.78, 5) is 109. The van der Waals surface area contributed by atoms with Crippen LogP contribution in [0.2, 0.25) is 0 Å². The fourth-order valence-electron chi connectivity index (χ4n) is 10.9. The average molecular weight is 926 g/mol. The van der Waals surface area contributed by atoms with Crippen molar-refractivity contribution in [3.8, 4) is 0 Å². The number of carbonyl (C=O) groups excluding carboxylic acids is 7. The van der Waals surface area contributed by atoms with Gasteiger partial charge < -0.3 is 29.8 Å². The molecule has 2 unspecified atom stereocenters. The molecule has 2 aromatic carbocycles. The topological polar surface area (TPSA) is 157 Å². The van der Waals surface area contributed by atoms with E-state index in [-0.39, 0.29) is 74.0 Å². The summed E-state index contributed by atoms with van der Waals surface area (Å²) in [5.41, 5.74) is 3.94. The predicted octanol–water partition coefficient (Wildman–Crippen LogP) is 3.04. The van der Waals surface area contributed by atoms with Crippen molar-refractivity contribution < 1.29 is 33.6 Å². The highest BCUT2D eigenvalue weighted by Crippen LogP contribution is 2.53. The van der Waals surface area contributed by atoms with Gasteiger partial charge in [-0.25, -0.2) is 0 Å². The molecular weight excluding hydrogens is 863 g/mol. The zero-order chi connectivity index (χ0) is 47.7. The highest BCUT2D eigenvalue weighted by atomic mass is 16.2. The van der Waals surface area contributed by atoms with Gasteiger partial charge in [0.15, 0.2) is 0 Å². The Kier molecular flexibility index (Phi) is 13.6. The highest BCUT2D eigenvalue weighted by Gasteiger charge is 2.55. The number of likely N-dealkylation sites (tertiary alicyclic amines) is 1. The predicted molar refractivity (Wildman–Crippen MR) is 258 cm³/mol. The van der Waals surface area contributed by atoms with Crippen LogP contribution in [-0.2, 0) is 24.0 Å². The van der Waals surface area contributed by atoms with Gasteiger partial charge in [-0.1, -0.05) is 49.8 Å². The van der Waals surface area contributed by atoms with Crippen molar-refractivity contribution in [2.45, 2.75) is 39.0 Å². The minimum absolute atomic E-state index is 0.0194. The second kappa shape index (κ2) is 19.8. The summed E-state index contributed by atoms with van der Waals surface area (Å²) in [7, 11) is 4.22. The monoisotopic (exact) mass is 925 g/mol. The van der Waals surface area contributed by atoms with Crippen molar-refractivity contribution in [2.24, 2.45) is 11.3 Å². The number of likely N-dealkylation sites (N-methyl/N-ethyl adjacent to an activating group) is 2. The second-order valence-corrected chi connectivity index (χ2v) is 19.2. The van der Waals surface area contributed by atoms with Crippen molar-refractivity contribution >= 4 is 57.8 Å². The van der Waals surface area contributed by atoms with Crippen LogP contribution >= 0.6 is 0 Å². The lowest BCUT2D eigenvalue weighted by molar-refractivity contribution is -0.150. The molecule has 0 saturated carbocycles. The average Bonchev–Trinajstić information content (AvgIpc) is 3.66. The molecule has 16 heteroatoms. The van der Waals surface area contributed by atoms with Crippen LogP contribution in [0.5, 0.6) is 0 Å². The summed E-state index contributed by atoms with van der Waals surface area (Å²) < 4.78 is 0. The van der Waals surface area contributed by atoms with Crippen LogP contribution in [0.1, 0.15) is 59.7 Å². The van der Waals surface area contributed by atoms with Crippen molar-refractivity contribution in [1.82, 2.24) is 39.6 Å². The number of piperidine rings is 1. The number of rotatable bonds is 18. The Morgan fingerprint density at radius 2 is 1.37 bits per heavy atom. The molecule has 16 nitrogen and oxygen atoms in total. The number of hydrogen-bond acceptors (Lipinski definition) is 12. The van der Waals surface area contributed by atoms with E-state index in [0.29, 0.717) is 67.4 Å². The van der Waals surface area contributed by atoms with Crippen LogP contribution in [0.4, 0.5) is 5.69 Å². The number of benzene rings is 2. The standard InChI is InChI=1S/C52H63N9O7/c1-52-39-12-8-13-40(52)50(67)60(51(68)41(52)16-18-43(39)57-32-28-55(3)29-33-57)25-22-53-21-9-23-58(44(62)14-5-4-6-24-59-45(63)19-20-46(59)64)34-35-61-48(65)37-11-7-10-36-42(56-30-26-54(2)27-31-56)17-15-38(47(36)37)49(61)66/h7-8,10-13,15-20,41,53H,4-6,9,14,21-35H2,1-3H3. The highest BCUT2D eigenvalue weighted by molar-refractivity contribution is 6.27. The van der Waals surface area contributed by atoms with E-state index in [9.17, 15) is 33.6 Å². The quantitative estimate of drug-likeness (QED) is 0.173. The van der Waals surface area contributed by atoms with Crippen molar-refractivity contribution in [3.63, 3.8) is 0 Å². The molecule has 0 radical (unpaired) electrons. The first-order valence-electron chi connectivity index (χ1n) is 24.3. The van der Waals surface area contributed by atoms with Gasteiger partial charge in [-0.3, -0.25) is 48.3 Å². The van der Waals surface area contributed by atoms with Crippen molar-refractivity contribution in [1.29, 1.82) is 0 Å². The minimum Gasteiger partial charge on any atom is -0.369 e. The van der Waals surface area contributed by atoms with Gasteiger partial charge in [0, 0.05) is 154 Å². The summed E-state index contributed by atoms with van der Waals surface area (Å²) in [6, 6.07) is 9.43. The van der Waals surface area contributed by atoms with Gasteiger partial charge in [0.05, 0.1) is 5.92 Å². The number of amides is 7. The number of allylic oxidation sites excluding steroid dienone is 5. The summed E-state index contributed by atoms with van der Waals surface area (Å²) in [5, 5.41) is 4.93. The third-order valence-corrected chi connectivity index (χ3v) is 15.1. The van der Waals surface area contributed by atoms with Gasteiger partial charge in [0.2, 0.25) is 11.8 Å². The summed E-state index contributed by atoms with van der Waals surface area (Å²) in [6.07, 6.45) is 14.9. The maximum atomic E-state index is 14.1. The first kappa shape index (κ1) is 46.9. The van der Waals surface area contributed by atoms with Gasteiger partial charge in [-0.15, -0.1) is 0 Å². The largest absolute Gasteiger partial charge is 0.369 e. The molecular formula is C52H63N9O7. The number of imide groups is 3. The summed E-state index contributed by atoms with van der Waals surface area (Å²) >= 11 is 0. The molecule has 0 bridgehead atoms. The summed E-state index contributed by atoms with van der Waals surface area (Å²) in [5.74, 6) is -2.52. The first-order chi connectivity index (χ1) is 32.9. The van der Waals surface area contributed by atoms with Gasteiger partial charge >= 0.3 is 0 Å². The van der Waals surface area contributed by atoms with E-state index in [1.54, 1.807) is 11.0 Å². The van der Waals surface area contributed by atoms with E-state index in [2.05, 4.69) is 51.2 Å². The van der Waals surface area contributed by atoms with Gasteiger partial charge in [0.25, 0.3) is 29.5 Å². The van der Waals surface area contributed by atoms with E-state index in [4.69, 9.17) is 0 Å². The molecule has 2 atom stereocenters. The number of piperazine rings is 2. The molecule has 2 aliphatic carbocycles. The normalized spacial score (nSPS) is 23.0. The molecule has 5 aliphatic heterocycles. The fraction of sp³-hybridized carbons (Fsp3) is 0.481. The lowest BCUT2D eigenvalue weighted by Gasteiger charge is -2.50. The van der Waals surface area contributed by atoms with Crippen LogP contribution in [0, 0.1) is 11.3 Å². The molecule has 1 N–H and O–H groups in total. The van der Waals surface area contributed by atoms with E-state index in [1.807, 2.05) is 49.4 Å². The van der Waals surface area contributed by atoms with Crippen LogP contribution < -0.4 is 10.2 Å². The molecule has 5 heterocycles. The lowest BCUT2D eigenvalue weighted by atomic mass is 9.59. The third kappa shape index (κ3) is 8.85. The van der Waals surface area contributed by atoms with Crippen molar-refractivity contribution in [3.05, 3.63) is 101 Å². The zero-order valence-corrected chi connectivity index (χ0v) is 39.6. The third-order valence-electron chi connectivity index (χ3n) is 15.1. The number of carbonyl (C=O) groups is 7. The number of unbranched alkanes of at least 4 members (excludes halogenated alkanes) is 2. The Bertz CT molecular complexity index is 2520. The molecule has 3 saturated heterocycles. The Morgan fingerprint density at radius 3 is 2.09 bits per heavy atom. The van der Waals surface area contributed by atoms with Crippen molar-refractivity contribution in [2.75, 3.05) is 117 Å². The molecule has 3 fully saturated rings. The number of nitrogens with one attached hydrogen (secondary N) is 1. The molecule has 7 amide bonds. The van der Waals surface area contributed by atoms with Crippen LogP contribution in [-0.4, -0.2) is 188 Å². The zero-order valence-electron chi connectivity index (χ0n) is 39.6. The lowest BCUT2D eigenvalue weighted by Crippen LogP contribution is -2.58. The summed E-state index contributed by atoms with van der Waals surface area (Å²) in [6.45, 7) is 11.1. The van der Waals surface area contributed by atoms with E-state index >= 15 is 0 Å². The SMILES string of the molecule is CN1CCN(C2=C3C=CC=C4C(=O)N(CCNCCCN(CCN5C(=O)c6cccc7c(N8CCN(C)CC8)ccc(c67)C5=O)C(=O)CCCCCN5C(=O)C=CC5=O)C(=O)C(C=C2)C43C)CC1. The Labute approximate surface area is 398 Å². The Morgan fingerprint density at radius 1 is 0.676 bits per heavy atom. The smallest absolute Gasteiger partial charge is 0.261 e. The maximum Gasteiger partial charge on any atom is 0.261 e. The van der Waals surface area contributed by atoms with E-state index < -0.39 is 11.3 Å². The first-order valence-corrected chi connectivity index (χ1v) is 24.3. The molecule has 7 aliphatic rings. The molecule has 2 aromatic rings. The molecule has 358 valence electrons. The van der Waals surface area contributed by atoms with E-state index in [0.717, 1.165) is 74.7 Å². The van der Waals surface area contributed by atoms with Crippen LogP contribution in [0.3, 0.4) is 0 Å². The van der Waals surface area contributed by atoms with Gasteiger partial charge in [-0.2, -0.15) is 0 Å². The van der Waals surface area contributed by atoms with Gasteiger partial charge in [0.1, 0.15) is 0 Å². The fourth-order valence-corrected chi connectivity index (χ4v) is 10.9. The second-order valence-electron chi connectivity index (χ2n) is 19.2. The van der Waals surface area contributed by atoms with Crippen LogP contribution in [0.25, 0.3) is 10.8 Å². The Hall–Kier alpha value is -6.23. The minimum atomic E-state index is -0.742. The molecule has 0 aromatic heterocycles. The number of nitrogens with zero attached hydrogens (tertiary/aromatic N) is 8. The molecule has 9 rings (SSSR count). The van der Waals surface area contributed by atoms with Gasteiger partial charge in [-0.05, 0) is 69.8 Å². The number of anilines is 1.